The molecule has 0 aliphatic rings. The van der Waals surface area contributed by atoms with E-state index in [0.29, 0.717) is 28.6 Å². The van der Waals surface area contributed by atoms with E-state index in [1.165, 1.54) is 13.2 Å². The summed E-state index contributed by atoms with van der Waals surface area (Å²) in [5.41, 5.74) is 1.32. The third-order valence-electron chi connectivity index (χ3n) is 3.47. The minimum Gasteiger partial charge on any atom is -0.497 e. The van der Waals surface area contributed by atoms with Crippen molar-refractivity contribution in [2.24, 2.45) is 0 Å². The number of ether oxygens (including phenoxy) is 4. The molecule has 0 saturated carbocycles. The van der Waals surface area contributed by atoms with Gasteiger partial charge in [0, 0.05) is 11.6 Å². The maximum Gasteiger partial charge on any atom is 0.185 e. The Bertz CT molecular complexity index is 727. The number of methoxy groups -OCH3 is 4. The van der Waals surface area contributed by atoms with Crippen molar-refractivity contribution in [3.63, 3.8) is 0 Å². The van der Waals surface area contributed by atoms with Crippen LogP contribution in [0.5, 0.6) is 23.0 Å². The first-order chi connectivity index (χ1) is 11.6. The van der Waals surface area contributed by atoms with E-state index < -0.39 is 0 Å². The van der Waals surface area contributed by atoms with Gasteiger partial charge in [-0.15, -0.1) is 0 Å². The van der Waals surface area contributed by atoms with Gasteiger partial charge < -0.3 is 18.9 Å². The van der Waals surface area contributed by atoms with Crippen molar-refractivity contribution in [1.29, 1.82) is 0 Å². The quantitative estimate of drug-likeness (QED) is 0.574. The molecule has 2 rings (SSSR count). The molecule has 0 N–H and O–H groups in total. The number of carbonyl (C=O) groups excluding carboxylic acids is 1. The molecular formula is C19H20O5. The van der Waals surface area contributed by atoms with Crippen LogP contribution in [-0.2, 0) is 0 Å². The minimum absolute atomic E-state index is 0.141. The Hall–Kier alpha value is -2.95. The lowest BCUT2D eigenvalue weighted by Gasteiger charge is -2.08. The van der Waals surface area contributed by atoms with Crippen molar-refractivity contribution >= 4 is 11.9 Å². The maximum absolute atomic E-state index is 12.3. The summed E-state index contributed by atoms with van der Waals surface area (Å²) in [5, 5.41) is 0. The van der Waals surface area contributed by atoms with Gasteiger partial charge in [-0.3, -0.25) is 4.79 Å². The molecule has 126 valence electrons. The van der Waals surface area contributed by atoms with E-state index in [0.717, 1.165) is 5.56 Å². The summed E-state index contributed by atoms with van der Waals surface area (Å²) in [4.78, 5) is 12.3. The third-order valence-corrected chi connectivity index (χ3v) is 3.47. The van der Waals surface area contributed by atoms with E-state index in [-0.39, 0.29) is 5.78 Å². The van der Waals surface area contributed by atoms with Crippen LogP contribution in [0.2, 0.25) is 0 Å². The highest BCUT2D eigenvalue weighted by Gasteiger charge is 2.08. The lowest BCUT2D eigenvalue weighted by atomic mass is 10.1. The van der Waals surface area contributed by atoms with Crippen LogP contribution in [0, 0.1) is 0 Å². The first-order valence-corrected chi connectivity index (χ1v) is 7.28. The van der Waals surface area contributed by atoms with Gasteiger partial charge in [-0.25, -0.2) is 0 Å². The Morgan fingerprint density at radius 1 is 0.792 bits per heavy atom. The van der Waals surface area contributed by atoms with Gasteiger partial charge in [-0.2, -0.15) is 0 Å². The zero-order valence-corrected chi connectivity index (χ0v) is 14.2. The molecule has 0 radical (unpaired) electrons. The second kappa shape index (κ2) is 8.06. The fourth-order valence-corrected chi connectivity index (χ4v) is 2.18. The second-order valence-corrected chi connectivity index (χ2v) is 4.91. The van der Waals surface area contributed by atoms with Crippen molar-refractivity contribution in [1.82, 2.24) is 0 Å². The molecule has 0 fully saturated rings. The van der Waals surface area contributed by atoms with E-state index in [9.17, 15) is 4.79 Å². The zero-order valence-electron chi connectivity index (χ0n) is 14.2. The van der Waals surface area contributed by atoms with E-state index in [4.69, 9.17) is 18.9 Å². The number of allylic oxidation sites excluding steroid dienone is 1. The molecule has 0 spiro atoms. The predicted octanol–water partition coefficient (Wildman–Crippen LogP) is 3.62. The Morgan fingerprint density at radius 3 is 1.96 bits per heavy atom. The Kier molecular flexibility index (Phi) is 5.84. The van der Waals surface area contributed by atoms with Gasteiger partial charge in [0.15, 0.2) is 17.3 Å². The van der Waals surface area contributed by atoms with Crippen molar-refractivity contribution in [3.8, 4) is 23.0 Å². The highest BCUT2D eigenvalue weighted by molar-refractivity contribution is 6.07. The molecule has 0 heterocycles. The van der Waals surface area contributed by atoms with Gasteiger partial charge in [-0.1, -0.05) is 6.08 Å². The molecule has 0 aliphatic heterocycles. The van der Waals surface area contributed by atoms with E-state index >= 15 is 0 Å². The monoisotopic (exact) mass is 328 g/mol. The van der Waals surface area contributed by atoms with E-state index in [2.05, 4.69) is 0 Å². The van der Waals surface area contributed by atoms with Crippen LogP contribution < -0.4 is 18.9 Å². The molecule has 0 saturated heterocycles. The summed E-state index contributed by atoms with van der Waals surface area (Å²) in [6, 6.07) is 10.5. The van der Waals surface area contributed by atoms with Crippen LogP contribution in [0.4, 0.5) is 0 Å². The Labute approximate surface area is 141 Å². The van der Waals surface area contributed by atoms with E-state index in [1.807, 2.05) is 12.1 Å². The summed E-state index contributed by atoms with van der Waals surface area (Å²) in [7, 11) is 6.24. The number of benzene rings is 2. The van der Waals surface area contributed by atoms with Crippen LogP contribution >= 0.6 is 0 Å². The Morgan fingerprint density at radius 2 is 1.42 bits per heavy atom. The standard InChI is InChI=1S/C19H20O5/c1-21-15-9-13(10-16(12-15)22-2)5-7-17(20)14-6-8-18(23-3)19(11-14)24-4/h5-12H,1-4H3/b7-5+. The van der Waals surface area contributed by atoms with Crippen LogP contribution in [-0.4, -0.2) is 34.2 Å². The molecule has 2 aromatic rings. The number of hydrogen-bond acceptors (Lipinski definition) is 5. The average Bonchev–Trinajstić information content (AvgIpc) is 2.64. The van der Waals surface area contributed by atoms with Gasteiger partial charge >= 0.3 is 0 Å². The molecule has 0 bridgehead atoms. The summed E-state index contributed by atoms with van der Waals surface area (Å²) in [6.07, 6.45) is 3.21. The minimum atomic E-state index is -0.141. The number of carbonyl (C=O) groups is 1. The van der Waals surface area contributed by atoms with Gasteiger partial charge in [0.2, 0.25) is 0 Å². The van der Waals surface area contributed by atoms with Gasteiger partial charge in [0.1, 0.15) is 11.5 Å². The maximum atomic E-state index is 12.3. The highest BCUT2D eigenvalue weighted by Crippen LogP contribution is 2.28. The van der Waals surface area contributed by atoms with Crippen molar-refractivity contribution < 1.29 is 23.7 Å². The topological polar surface area (TPSA) is 54.0 Å². The first-order valence-electron chi connectivity index (χ1n) is 7.28. The van der Waals surface area contributed by atoms with Gasteiger partial charge in [-0.05, 0) is 42.0 Å². The number of ketones is 1. The molecule has 2 aromatic carbocycles. The lowest BCUT2D eigenvalue weighted by molar-refractivity contribution is 0.104. The number of rotatable bonds is 7. The molecule has 5 nitrogen and oxygen atoms in total. The fraction of sp³-hybridized carbons (Fsp3) is 0.211. The second-order valence-electron chi connectivity index (χ2n) is 4.91. The third kappa shape index (κ3) is 4.07. The largest absolute Gasteiger partial charge is 0.497 e. The molecule has 24 heavy (non-hydrogen) atoms. The van der Waals surface area contributed by atoms with E-state index in [1.54, 1.807) is 51.7 Å². The number of hydrogen-bond donors (Lipinski definition) is 0. The van der Waals surface area contributed by atoms with Gasteiger partial charge in [0.25, 0.3) is 0 Å². The smallest absolute Gasteiger partial charge is 0.185 e. The molecule has 0 aliphatic carbocycles. The molecule has 0 unspecified atom stereocenters. The summed E-state index contributed by atoms with van der Waals surface area (Å²) in [5.74, 6) is 2.27. The molecule has 0 atom stereocenters. The summed E-state index contributed by atoms with van der Waals surface area (Å²) < 4.78 is 20.8. The molecular weight excluding hydrogens is 308 g/mol. The zero-order chi connectivity index (χ0) is 17.5. The Balaban J connectivity index is 2.24. The highest BCUT2D eigenvalue weighted by atomic mass is 16.5. The van der Waals surface area contributed by atoms with Crippen LogP contribution in [0.1, 0.15) is 15.9 Å². The fourth-order valence-electron chi connectivity index (χ4n) is 2.18. The summed E-state index contributed by atoms with van der Waals surface area (Å²) in [6.45, 7) is 0. The lowest BCUT2D eigenvalue weighted by Crippen LogP contribution is -1.97. The normalized spacial score (nSPS) is 10.5. The van der Waals surface area contributed by atoms with Crippen LogP contribution in [0.3, 0.4) is 0 Å². The molecule has 0 amide bonds. The van der Waals surface area contributed by atoms with Crippen molar-refractivity contribution in [3.05, 3.63) is 53.6 Å². The van der Waals surface area contributed by atoms with Gasteiger partial charge in [0.05, 0.1) is 28.4 Å². The SMILES string of the molecule is COc1cc(/C=C/C(=O)c2ccc(OC)c(OC)c2)cc(OC)c1. The predicted molar refractivity (Wildman–Crippen MR) is 92.5 cm³/mol. The average molecular weight is 328 g/mol. The molecule has 0 aromatic heterocycles. The van der Waals surface area contributed by atoms with Crippen LogP contribution in [0.15, 0.2) is 42.5 Å². The van der Waals surface area contributed by atoms with Crippen LogP contribution in [0.25, 0.3) is 6.08 Å². The van der Waals surface area contributed by atoms with Crippen molar-refractivity contribution in [2.45, 2.75) is 0 Å². The molecule has 5 heteroatoms. The first kappa shape index (κ1) is 17.4. The van der Waals surface area contributed by atoms with Crippen molar-refractivity contribution in [2.75, 3.05) is 28.4 Å². The summed E-state index contributed by atoms with van der Waals surface area (Å²) >= 11 is 0.